The molecule has 2 N–H and O–H groups in total. The Labute approximate surface area is 186 Å². The third-order valence-electron chi connectivity index (χ3n) is 5.45. The van der Waals surface area contributed by atoms with E-state index in [9.17, 15) is 18.0 Å². The molecule has 2 aromatic carbocycles. The van der Waals surface area contributed by atoms with Crippen LogP contribution in [0.15, 0.2) is 41.3 Å². The third-order valence-corrected chi connectivity index (χ3v) is 6.81. The first-order chi connectivity index (χ1) is 15.3. The maximum absolute atomic E-state index is 13.2. The monoisotopic (exact) mass is 460 g/mol. The molecule has 0 bridgehead atoms. The van der Waals surface area contributed by atoms with Gasteiger partial charge in [0, 0.05) is 39.3 Å². The number of piperazine rings is 1. The molecular weight excluding hydrogens is 436 g/mol. The molecule has 0 unspecified atom stereocenters. The fraction of sp³-hybridized carbons (Fsp3) is 0.333. The number of methoxy groups -OCH3 is 1. The molecule has 0 spiro atoms. The summed E-state index contributed by atoms with van der Waals surface area (Å²) in [6, 6.07) is 9.13. The van der Waals surface area contributed by atoms with Crippen LogP contribution in [0.1, 0.15) is 10.4 Å². The van der Waals surface area contributed by atoms with E-state index in [2.05, 4.69) is 10.0 Å². The fourth-order valence-corrected chi connectivity index (χ4v) is 4.75. The number of fused-ring (bicyclic) bond motifs is 1. The summed E-state index contributed by atoms with van der Waals surface area (Å²) >= 11 is 0. The molecule has 11 heteroatoms. The minimum Gasteiger partial charge on any atom is -0.482 e. The van der Waals surface area contributed by atoms with Crippen LogP contribution in [0.3, 0.4) is 0 Å². The third kappa shape index (κ3) is 4.21. The molecule has 4 rings (SSSR count). The minimum absolute atomic E-state index is 0.0197. The van der Waals surface area contributed by atoms with Crippen molar-refractivity contribution in [1.82, 2.24) is 5.32 Å². The summed E-state index contributed by atoms with van der Waals surface area (Å²) < 4.78 is 39.3. The number of nitrogens with one attached hydrogen (secondary N) is 2. The van der Waals surface area contributed by atoms with Crippen molar-refractivity contribution >= 4 is 39.0 Å². The maximum Gasteiger partial charge on any atom is 0.337 e. The van der Waals surface area contributed by atoms with E-state index in [0.29, 0.717) is 30.2 Å². The summed E-state index contributed by atoms with van der Waals surface area (Å²) in [5.74, 6) is -0.473. The van der Waals surface area contributed by atoms with Gasteiger partial charge >= 0.3 is 5.97 Å². The summed E-state index contributed by atoms with van der Waals surface area (Å²) in [4.78, 5) is 27.3. The Balaban J connectivity index is 1.70. The number of likely N-dealkylation sites (N-methyl/N-ethyl adjacent to an activating group) is 1. The summed E-state index contributed by atoms with van der Waals surface area (Å²) in [6.07, 6.45) is 0. The van der Waals surface area contributed by atoms with Gasteiger partial charge in [-0.2, -0.15) is 0 Å². The second-order valence-corrected chi connectivity index (χ2v) is 9.12. The van der Waals surface area contributed by atoms with E-state index in [1.54, 1.807) is 19.2 Å². The molecule has 2 aliphatic heterocycles. The molecule has 0 aliphatic carbocycles. The molecule has 1 fully saturated rings. The van der Waals surface area contributed by atoms with Crippen molar-refractivity contribution in [2.75, 3.05) is 61.5 Å². The van der Waals surface area contributed by atoms with Crippen LogP contribution in [-0.2, 0) is 19.6 Å². The first-order valence-electron chi connectivity index (χ1n) is 10.0. The van der Waals surface area contributed by atoms with Crippen LogP contribution in [0.25, 0.3) is 0 Å². The largest absolute Gasteiger partial charge is 0.482 e. The predicted octanol–water partition coefficient (Wildman–Crippen LogP) is 1.04. The van der Waals surface area contributed by atoms with Crippen LogP contribution in [0.2, 0.25) is 0 Å². The quantitative estimate of drug-likeness (QED) is 0.636. The first kappa shape index (κ1) is 21.9. The van der Waals surface area contributed by atoms with E-state index in [4.69, 9.17) is 9.47 Å². The first-order valence-corrected chi connectivity index (χ1v) is 11.5. The molecule has 2 aliphatic rings. The molecule has 0 atom stereocenters. The average molecular weight is 461 g/mol. The summed E-state index contributed by atoms with van der Waals surface area (Å²) in [5.41, 5.74) is 1.68. The Bertz CT molecular complexity index is 1160. The number of nitrogens with zero attached hydrogens (tertiary/aromatic N) is 2. The van der Waals surface area contributed by atoms with Gasteiger partial charge in [-0.15, -0.1) is 0 Å². The summed E-state index contributed by atoms with van der Waals surface area (Å²) in [6.45, 7) is 2.76. The van der Waals surface area contributed by atoms with Crippen LogP contribution in [0.5, 0.6) is 5.75 Å². The van der Waals surface area contributed by atoms with Gasteiger partial charge in [0.2, 0.25) is 0 Å². The number of amides is 1. The summed E-state index contributed by atoms with van der Waals surface area (Å²) in [5, 5.41) is 3.26. The van der Waals surface area contributed by atoms with Crippen LogP contribution >= 0.6 is 0 Å². The van der Waals surface area contributed by atoms with Crippen LogP contribution in [0, 0.1) is 0 Å². The van der Waals surface area contributed by atoms with E-state index in [1.807, 2.05) is 4.90 Å². The number of hydrogen-bond acceptors (Lipinski definition) is 8. The fourth-order valence-electron chi connectivity index (χ4n) is 3.67. The molecule has 2 aromatic rings. The SMILES string of the molecule is COC(=O)c1ccc(N2CCNCC2)c(NS(=O)(=O)c2ccc3c(c2)OCC(=O)N3C)c1. The Morgan fingerprint density at radius 2 is 1.84 bits per heavy atom. The Morgan fingerprint density at radius 1 is 1.12 bits per heavy atom. The van der Waals surface area contributed by atoms with Crippen molar-refractivity contribution in [2.45, 2.75) is 4.90 Å². The van der Waals surface area contributed by atoms with Crippen molar-refractivity contribution in [1.29, 1.82) is 0 Å². The summed E-state index contributed by atoms with van der Waals surface area (Å²) in [7, 11) is -1.14. The molecule has 0 aromatic heterocycles. The smallest absolute Gasteiger partial charge is 0.337 e. The average Bonchev–Trinajstić information content (AvgIpc) is 2.81. The molecule has 0 saturated carbocycles. The molecule has 10 nitrogen and oxygen atoms in total. The highest BCUT2D eigenvalue weighted by Gasteiger charge is 2.26. The lowest BCUT2D eigenvalue weighted by atomic mass is 10.1. The van der Waals surface area contributed by atoms with Gasteiger partial charge in [-0.05, 0) is 30.3 Å². The Morgan fingerprint density at radius 3 is 2.56 bits per heavy atom. The van der Waals surface area contributed by atoms with Gasteiger partial charge in [0.1, 0.15) is 5.75 Å². The van der Waals surface area contributed by atoms with Crippen LogP contribution in [0.4, 0.5) is 17.1 Å². The van der Waals surface area contributed by atoms with E-state index >= 15 is 0 Å². The minimum atomic E-state index is -4.02. The Kier molecular flexibility index (Phi) is 5.94. The topological polar surface area (TPSA) is 117 Å². The number of ether oxygens (including phenoxy) is 2. The standard InChI is InChI=1S/C21H24N4O6S/c1-24-18-6-4-15(12-19(18)31-13-20(24)26)32(28,29)23-16-11-14(21(27)30-2)3-5-17(16)25-9-7-22-8-10-25/h3-6,11-12,22-23H,7-10,13H2,1-2H3. The number of esters is 1. The molecule has 32 heavy (non-hydrogen) atoms. The highest BCUT2D eigenvalue weighted by Crippen LogP contribution is 2.35. The van der Waals surface area contributed by atoms with Crippen molar-refractivity contribution in [3.05, 3.63) is 42.0 Å². The lowest BCUT2D eigenvalue weighted by Gasteiger charge is -2.31. The second-order valence-electron chi connectivity index (χ2n) is 7.44. The highest BCUT2D eigenvalue weighted by atomic mass is 32.2. The van der Waals surface area contributed by atoms with Crippen molar-refractivity contribution in [3.8, 4) is 5.75 Å². The van der Waals surface area contributed by atoms with Crippen molar-refractivity contribution < 1.29 is 27.5 Å². The van der Waals surface area contributed by atoms with E-state index in [0.717, 1.165) is 13.1 Å². The zero-order chi connectivity index (χ0) is 22.9. The van der Waals surface area contributed by atoms with Gasteiger partial charge in [0.15, 0.2) is 6.61 Å². The molecule has 0 radical (unpaired) electrons. The van der Waals surface area contributed by atoms with Gasteiger partial charge in [-0.25, -0.2) is 13.2 Å². The Hall–Kier alpha value is -3.31. The van der Waals surface area contributed by atoms with Crippen molar-refractivity contribution in [3.63, 3.8) is 0 Å². The van der Waals surface area contributed by atoms with Gasteiger partial charge < -0.3 is 24.6 Å². The van der Waals surface area contributed by atoms with E-state index < -0.39 is 16.0 Å². The number of sulfonamides is 1. The number of carbonyl (C=O) groups excluding carboxylic acids is 2. The molecule has 2 heterocycles. The molecule has 1 saturated heterocycles. The highest BCUT2D eigenvalue weighted by molar-refractivity contribution is 7.92. The number of anilines is 3. The number of benzene rings is 2. The van der Waals surface area contributed by atoms with Gasteiger partial charge in [0.05, 0.1) is 34.6 Å². The van der Waals surface area contributed by atoms with Gasteiger partial charge in [-0.1, -0.05) is 0 Å². The van der Waals surface area contributed by atoms with Crippen LogP contribution in [-0.4, -0.2) is 67.2 Å². The van der Waals surface area contributed by atoms with Gasteiger partial charge in [-0.3, -0.25) is 9.52 Å². The van der Waals surface area contributed by atoms with Gasteiger partial charge in [0.25, 0.3) is 15.9 Å². The van der Waals surface area contributed by atoms with E-state index in [1.165, 1.54) is 36.3 Å². The zero-order valence-electron chi connectivity index (χ0n) is 17.8. The number of carbonyl (C=O) groups is 2. The second kappa shape index (κ2) is 8.67. The zero-order valence-corrected chi connectivity index (χ0v) is 18.6. The number of rotatable bonds is 5. The molecular formula is C21H24N4O6S. The van der Waals surface area contributed by atoms with E-state index in [-0.39, 0.29) is 28.7 Å². The van der Waals surface area contributed by atoms with Crippen molar-refractivity contribution in [2.24, 2.45) is 0 Å². The molecule has 1 amide bonds. The van der Waals surface area contributed by atoms with Crippen LogP contribution < -0.4 is 24.6 Å². The number of hydrogen-bond donors (Lipinski definition) is 2. The lowest BCUT2D eigenvalue weighted by molar-refractivity contribution is -0.121. The lowest BCUT2D eigenvalue weighted by Crippen LogP contribution is -2.43. The predicted molar refractivity (Wildman–Crippen MR) is 119 cm³/mol. The normalized spacial score (nSPS) is 16.2. The molecule has 170 valence electrons. The maximum atomic E-state index is 13.2.